The van der Waals surface area contributed by atoms with Crippen LogP contribution in [0, 0.1) is 0 Å². The van der Waals surface area contributed by atoms with E-state index < -0.39 is 36.4 Å². The molecule has 1 amide bonds. The van der Waals surface area contributed by atoms with E-state index >= 15 is 0 Å². The maximum absolute atomic E-state index is 10.7. The summed E-state index contributed by atoms with van der Waals surface area (Å²) in [5.74, 6) is 0. The van der Waals surface area contributed by atoms with Crippen LogP contribution in [-0.2, 0) is 4.74 Å². The third-order valence-corrected chi connectivity index (χ3v) is 3.03. The Bertz CT molecular complexity index is 441. The first kappa shape index (κ1) is 13.2. The van der Waals surface area contributed by atoms with Gasteiger partial charge in [-0.2, -0.15) is 0 Å². The summed E-state index contributed by atoms with van der Waals surface area (Å²) >= 11 is 0.633. The summed E-state index contributed by atoms with van der Waals surface area (Å²) in [5, 5.41) is 31.6. The molecule has 1 fully saturated rings. The van der Waals surface area contributed by atoms with E-state index in [-0.39, 0.29) is 5.16 Å². The van der Waals surface area contributed by atoms with Crippen molar-refractivity contribution in [3.05, 3.63) is 6.33 Å². The van der Waals surface area contributed by atoms with Gasteiger partial charge in [0.05, 0.1) is 6.61 Å². The highest BCUT2D eigenvalue weighted by Crippen LogP contribution is 2.28. The summed E-state index contributed by atoms with van der Waals surface area (Å²) in [6.45, 7) is -0.424. The highest BCUT2D eigenvalue weighted by Gasteiger charge is 2.43. The fraction of sp³-hybridized carbons (Fsp3) is 0.625. The number of nitrogens with two attached hydrogens (primary N) is 1. The first-order valence-electron chi connectivity index (χ1n) is 5.04. The van der Waals surface area contributed by atoms with E-state index in [0.29, 0.717) is 11.8 Å². The van der Waals surface area contributed by atoms with E-state index in [0.717, 1.165) is 4.68 Å². The molecule has 0 spiro atoms. The minimum Gasteiger partial charge on any atom is -0.394 e. The largest absolute Gasteiger partial charge is 0.394 e. The standard InChI is InChI=1S/C8H12N4O5S/c9-7(16)18-8-10-2-12(11-8)6-5(15)4(14)3(1-13)17-6/h2-6,13-15H,1H2,(H2,9,16)/t3-,4-,5-,6-/m1/s1. The van der Waals surface area contributed by atoms with Gasteiger partial charge in [0.1, 0.15) is 24.6 Å². The van der Waals surface area contributed by atoms with Crippen LogP contribution in [0.3, 0.4) is 0 Å². The Morgan fingerprint density at radius 2 is 2.28 bits per heavy atom. The van der Waals surface area contributed by atoms with Crippen LogP contribution in [0.25, 0.3) is 0 Å². The van der Waals surface area contributed by atoms with Gasteiger partial charge in [0.25, 0.3) is 5.24 Å². The Hall–Kier alpha value is -1.20. The molecule has 1 saturated heterocycles. The molecule has 1 aliphatic heterocycles. The number of primary amides is 1. The van der Waals surface area contributed by atoms with Crippen LogP contribution >= 0.6 is 11.8 Å². The van der Waals surface area contributed by atoms with Crippen molar-refractivity contribution in [1.82, 2.24) is 14.8 Å². The number of rotatable bonds is 3. The maximum atomic E-state index is 10.7. The lowest BCUT2D eigenvalue weighted by molar-refractivity contribution is -0.0591. The van der Waals surface area contributed by atoms with Gasteiger partial charge >= 0.3 is 0 Å². The number of aromatic nitrogens is 3. The number of hydrogen-bond donors (Lipinski definition) is 4. The molecule has 1 aliphatic rings. The minimum absolute atomic E-state index is 0.111. The number of carbonyl (C=O) groups is 1. The minimum atomic E-state index is -1.24. The molecule has 0 saturated carbocycles. The SMILES string of the molecule is NC(=O)Sc1ncn([C@@H]2O[C@H](CO)[C@@H](O)[C@H]2O)n1. The van der Waals surface area contributed by atoms with E-state index in [1.807, 2.05) is 0 Å². The van der Waals surface area contributed by atoms with Gasteiger partial charge in [-0.25, -0.2) is 9.67 Å². The van der Waals surface area contributed by atoms with Crippen molar-refractivity contribution in [1.29, 1.82) is 0 Å². The van der Waals surface area contributed by atoms with Crippen molar-refractivity contribution < 1.29 is 24.9 Å². The van der Waals surface area contributed by atoms with E-state index in [1.165, 1.54) is 6.33 Å². The van der Waals surface area contributed by atoms with Gasteiger partial charge in [0, 0.05) is 11.8 Å². The Morgan fingerprint density at radius 3 is 2.83 bits per heavy atom. The summed E-state index contributed by atoms with van der Waals surface area (Å²) in [5.41, 5.74) is 4.96. The molecule has 2 rings (SSSR count). The Morgan fingerprint density at radius 1 is 1.56 bits per heavy atom. The number of aliphatic hydroxyl groups is 3. The average Bonchev–Trinajstić information content (AvgIpc) is 2.86. The number of carbonyl (C=O) groups excluding carboxylic acids is 1. The molecule has 0 aliphatic carbocycles. The topological polar surface area (TPSA) is 144 Å². The van der Waals surface area contributed by atoms with E-state index in [4.69, 9.17) is 15.6 Å². The summed E-state index contributed by atoms with van der Waals surface area (Å²) in [6, 6.07) is 0. The third-order valence-electron chi connectivity index (χ3n) is 2.46. The molecule has 9 nitrogen and oxygen atoms in total. The summed E-state index contributed by atoms with van der Waals surface area (Å²) in [6.07, 6.45) is -3.06. The molecule has 0 unspecified atom stereocenters. The predicted molar refractivity (Wildman–Crippen MR) is 58.5 cm³/mol. The molecule has 4 atom stereocenters. The molecular formula is C8H12N4O5S. The fourth-order valence-corrected chi connectivity index (χ4v) is 2.03. The van der Waals surface area contributed by atoms with Crippen LogP contribution in [-0.4, -0.2) is 60.2 Å². The number of ether oxygens (including phenoxy) is 1. The highest BCUT2D eigenvalue weighted by atomic mass is 32.2. The van der Waals surface area contributed by atoms with Crippen molar-refractivity contribution in [2.75, 3.05) is 6.61 Å². The van der Waals surface area contributed by atoms with Crippen LogP contribution in [0.1, 0.15) is 6.23 Å². The van der Waals surface area contributed by atoms with Gasteiger partial charge in [-0.05, 0) is 0 Å². The lowest BCUT2D eigenvalue weighted by Gasteiger charge is -2.13. The third kappa shape index (κ3) is 2.47. The molecule has 2 heterocycles. The second-order valence-corrected chi connectivity index (χ2v) is 4.63. The highest BCUT2D eigenvalue weighted by molar-refractivity contribution is 8.13. The zero-order valence-corrected chi connectivity index (χ0v) is 9.90. The zero-order chi connectivity index (χ0) is 13.3. The Kier molecular flexibility index (Phi) is 3.82. The monoisotopic (exact) mass is 276 g/mol. The molecular weight excluding hydrogens is 264 g/mol. The van der Waals surface area contributed by atoms with Crippen molar-refractivity contribution in [2.45, 2.75) is 29.7 Å². The molecule has 0 radical (unpaired) electrons. The average molecular weight is 276 g/mol. The van der Waals surface area contributed by atoms with Crippen LogP contribution < -0.4 is 5.73 Å². The second kappa shape index (κ2) is 5.20. The normalized spacial score (nSPS) is 31.7. The van der Waals surface area contributed by atoms with Crippen LogP contribution in [0.5, 0.6) is 0 Å². The molecule has 10 heteroatoms. The first-order chi connectivity index (χ1) is 8.52. The summed E-state index contributed by atoms with van der Waals surface area (Å²) in [7, 11) is 0. The summed E-state index contributed by atoms with van der Waals surface area (Å²) in [4.78, 5) is 14.4. The lowest BCUT2D eigenvalue weighted by atomic mass is 10.1. The molecule has 100 valence electrons. The predicted octanol–water partition coefficient (Wildman–Crippen LogP) is -1.94. The van der Waals surface area contributed by atoms with Gasteiger partial charge in [0.15, 0.2) is 6.23 Å². The van der Waals surface area contributed by atoms with Gasteiger partial charge in [-0.3, -0.25) is 4.79 Å². The van der Waals surface area contributed by atoms with E-state index in [9.17, 15) is 15.0 Å². The number of aliphatic hydroxyl groups excluding tert-OH is 3. The molecule has 5 N–H and O–H groups in total. The fourth-order valence-electron chi connectivity index (χ4n) is 1.62. The van der Waals surface area contributed by atoms with Crippen molar-refractivity contribution in [3.63, 3.8) is 0 Å². The van der Waals surface area contributed by atoms with Crippen LogP contribution in [0.2, 0.25) is 0 Å². The van der Waals surface area contributed by atoms with E-state index in [1.54, 1.807) is 0 Å². The Labute approximate surface area is 106 Å². The Balaban J connectivity index is 2.12. The van der Waals surface area contributed by atoms with Crippen LogP contribution in [0.15, 0.2) is 11.5 Å². The van der Waals surface area contributed by atoms with Gasteiger partial charge in [-0.1, -0.05) is 0 Å². The smallest absolute Gasteiger partial charge is 0.284 e. The zero-order valence-electron chi connectivity index (χ0n) is 9.08. The van der Waals surface area contributed by atoms with Crippen molar-refractivity contribution in [3.8, 4) is 0 Å². The number of nitrogens with zero attached hydrogens (tertiary/aromatic N) is 3. The lowest BCUT2D eigenvalue weighted by Crippen LogP contribution is -2.33. The quantitative estimate of drug-likeness (QED) is 0.467. The first-order valence-corrected chi connectivity index (χ1v) is 5.85. The molecule has 1 aromatic rings. The van der Waals surface area contributed by atoms with Gasteiger partial charge < -0.3 is 25.8 Å². The van der Waals surface area contributed by atoms with Crippen molar-refractivity contribution in [2.24, 2.45) is 5.73 Å². The van der Waals surface area contributed by atoms with E-state index in [2.05, 4.69) is 10.1 Å². The molecule has 18 heavy (non-hydrogen) atoms. The van der Waals surface area contributed by atoms with Gasteiger partial charge in [0.2, 0.25) is 5.16 Å². The van der Waals surface area contributed by atoms with Crippen LogP contribution in [0.4, 0.5) is 4.79 Å². The number of thioether (sulfide) groups is 1. The molecule has 0 bridgehead atoms. The second-order valence-electron chi connectivity index (χ2n) is 3.66. The molecule has 1 aromatic heterocycles. The maximum Gasteiger partial charge on any atom is 0.284 e. The number of hydrogen-bond acceptors (Lipinski definition) is 8. The van der Waals surface area contributed by atoms with Gasteiger partial charge in [-0.15, -0.1) is 5.10 Å². The molecule has 0 aromatic carbocycles. The summed E-state index contributed by atoms with van der Waals surface area (Å²) < 4.78 is 6.39. The van der Waals surface area contributed by atoms with Crippen molar-refractivity contribution >= 4 is 17.0 Å². The number of amides is 1.